The molecule has 4 heterocycles. The highest BCUT2D eigenvalue weighted by molar-refractivity contribution is 5.92. The largest absolute Gasteiger partial charge is 0.490 e. The molecule has 52 heavy (non-hydrogen) atoms. The zero-order valence-electron chi connectivity index (χ0n) is 26.7. The molecular weight excluding hydrogens is 702 g/mol. The number of hydrogen-bond acceptors (Lipinski definition) is 8. The number of ether oxygens (including phenoxy) is 1. The molecule has 2 N–H and O–H groups in total. The standard InChI is InChI=1S/C32H25F3N6O4.C2HF3O2/c1-36-20-4-2-19(22(33)13-20)17-45-30-24(35)14-23(34)29(39-30)40-9-6-32(7-10-40)15-21(32)28-38-25-5-3-18(31(42)43)12-26(25)41(28)16-27-37-8-11-44-27;3-2(4,5)1(6)7/h2-5,8,11-14,21H,6-7,9-10,15-17H2,(H,42,43);(H,6,7). The van der Waals surface area contributed by atoms with Crippen LogP contribution in [0.2, 0.25) is 0 Å². The number of rotatable bonds is 8. The first-order chi connectivity index (χ1) is 24.7. The van der Waals surface area contributed by atoms with Gasteiger partial charge in [0.15, 0.2) is 23.1 Å². The van der Waals surface area contributed by atoms with Crippen molar-refractivity contribution in [2.75, 3.05) is 18.0 Å². The van der Waals surface area contributed by atoms with E-state index < -0.39 is 41.4 Å². The van der Waals surface area contributed by atoms with Crippen LogP contribution in [0.4, 0.5) is 37.8 Å². The van der Waals surface area contributed by atoms with Gasteiger partial charge in [0.05, 0.1) is 29.4 Å². The number of aromatic carboxylic acids is 1. The molecule has 18 heteroatoms. The van der Waals surface area contributed by atoms with Crippen molar-refractivity contribution in [2.45, 2.75) is 44.5 Å². The zero-order valence-corrected chi connectivity index (χ0v) is 26.7. The molecule has 1 spiro atoms. The van der Waals surface area contributed by atoms with Gasteiger partial charge in [0, 0.05) is 30.6 Å². The summed E-state index contributed by atoms with van der Waals surface area (Å²) in [5, 5.41) is 16.7. The Hall–Kier alpha value is -6.12. The Morgan fingerprint density at radius 3 is 2.37 bits per heavy atom. The third kappa shape index (κ3) is 7.33. The van der Waals surface area contributed by atoms with Crippen LogP contribution in [0, 0.1) is 29.4 Å². The highest BCUT2D eigenvalue weighted by Gasteiger charge is 2.57. The Morgan fingerprint density at radius 2 is 1.75 bits per heavy atom. The first-order valence-electron chi connectivity index (χ1n) is 15.5. The van der Waals surface area contributed by atoms with Gasteiger partial charge in [-0.2, -0.15) is 18.2 Å². The fourth-order valence-corrected chi connectivity index (χ4v) is 6.23. The molecule has 7 rings (SSSR count). The lowest BCUT2D eigenvalue weighted by Crippen LogP contribution is -2.36. The highest BCUT2D eigenvalue weighted by Crippen LogP contribution is 2.65. The van der Waals surface area contributed by atoms with Crippen molar-refractivity contribution in [1.29, 1.82) is 0 Å². The van der Waals surface area contributed by atoms with E-state index in [4.69, 9.17) is 30.6 Å². The molecule has 0 radical (unpaired) electrons. The Balaban J connectivity index is 0.000000604. The summed E-state index contributed by atoms with van der Waals surface area (Å²) in [6.45, 7) is 7.86. The first-order valence-corrected chi connectivity index (χ1v) is 15.5. The van der Waals surface area contributed by atoms with Crippen molar-refractivity contribution in [3.63, 3.8) is 0 Å². The van der Waals surface area contributed by atoms with Crippen LogP contribution in [0.3, 0.4) is 0 Å². The second-order valence-corrected chi connectivity index (χ2v) is 12.2. The number of carboxylic acids is 2. The molecule has 5 aromatic rings. The maximum Gasteiger partial charge on any atom is 0.490 e. The zero-order chi connectivity index (χ0) is 37.4. The molecule has 1 aliphatic heterocycles. The number of benzene rings is 2. The quantitative estimate of drug-likeness (QED) is 0.125. The summed E-state index contributed by atoms with van der Waals surface area (Å²) in [6.07, 6.45) is 0.209. The van der Waals surface area contributed by atoms with E-state index in [1.807, 2.05) is 4.57 Å². The molecule has 270 valence electrons. The van der Waals surface area contributed by atoms with E-state index in [1.165, 1.54) is 24.5 Å². The fourth-order valence-electron chi connectivity index (χ4n) is 6.23. The number of imidazole rings is 1. The molecule has 1 aliphatic carbocycles. The van der Waals surface area contributed by atoms with Gasteiger partial charge in [-0.25, -0.2) is 37.6 Å². The van der Waals surface area contributed by atoms with Crippen molar-refractivity contribution in [3.8, 4) is 5.88 Å². The number of anilines is 1. The van der Waals surface area contributed by atoms with E-state index in [-0.39, 0.29) is 40.6 Å². The third-order valence-electron chi connectivity index (χ3n) is 9.01. The SMILES string of the molecule is O=C(O)C(F)(F)F.[C-]#[N+]c1ccc(COc2nc(N3CCC4(CC3)CC4c3nc4ccc(C(=O)O)cc4n3Cc3ncco3)c(F)cc2F)c(F)c1. The van der Waals surface area contributed by atoms with Gasteiger partial charge in [-0.1, -0.05) is 12.1 Å². The van der Waals surface area contributed by atoms with Crippen molar-refractivity contribution in [3.05, 3.63) is 107 Å². The van der Waals surface area contributed by atoms with Crippen LogP contribution in [0.25, 0.3) is 15.9 Å². The van der Waals surface area contributed by atoms with Gasteiger partial charge in [-0.3, -0.25) is 0 Å². The number of oxazole rings is 1. The molecule has 1 unspecified atom stereocenters. The molecule has 0 amide bonds. The van der Waals surface area contributed by atoms with Gasteiger partial charge < -0.3 is 28.8 Å². The van der Waals surface area contributed by atoms with E-state index in [0.717, 1.165) is 24.4 Å². The Bertz CT molecular complexity index is 2190. The van der Waals surface area contributed by atoms with Gasteiger partial charge in [0.2, 0.25) is 5.89 Å². The second-order valence-electron chi connectivity index (χ2n) is 12.2. The van der Waals surface area contributed by atoms with Crippen molar-refractivity contribution >= 4 is 34.5 Å². The van der Waals surface area contributed by atoms with Gasteiger partial charge in [0.1, 0.15) is 31.1 Å². The number of aliphatic carboxylic acids is 1. The fraction of sp³-hybridized carbons (Fsp3) is 0.294. The highest BCUT2D eigenvalue weighted by atomic mass is 19.4. The predicted octanol–water partition coefficient (Wildman–Crippen LogP) is 7.12. The number of piperidine rings is 1. The number of pyridine rings is 1. The average molecular weight is 729 g/mol. The number of nitrogens with zero attached hydrogens (tertiary/aromatic N) is 6. The summed E-state index contributed by atoms with van der Waals surface area (Å²) in [4.78, 5) is 38.7. The number of hydrogen-bond donors (Lipinski definition) is 2. The molecule has 1 atom stereocenters. The molecular formula is C34H26F6N6O6. The summed E-state index contributed by atoms with van der Waals surface area (Å²) < 4.78 is 88.5. The van der Waals surface area contributed by atoms with Crippen LogP contribution >= 0.6 is 0 Å². The topological polar surface area (TPSA) is 148 Å². The van der Waals surface area contributed by atoms with Crippen molar-refractivity contribution in [1.82, 2.24) is 19.5 Å². The lowest BCUT2D eigenvalue weighted by atomic mass is 9.90. The maximum atomic E-state index is 15.0. The van der Waals surface area contributed by atoms with Gasteiger partial charge in [0.25, 0.3) is 5.88 Å². The number of carboxylic acid groups (broad SMARTS) is 2. The molecule has 1 saturated carbocycles. The monoisotopic (exact) mass is 728 g/mol. The van der Waals surface area contributed by atoms with E-state index in [2.05, 4.69) is 14.8 Å². The summed E-state index contributed by atoms with van der Waals surface area (Å²) in [6, 6.07) is 9.43. The third-order valence-corrected chi connectivity index (χ3v) is 9.01. The number of halogens is 6. The number of fused-ring (bicyclic) bond motifs is 1. The van der Waals surface area contributed by atoms with Crippen molar-refractivity contribution in [2.24, 2.45) is 5.41 Å². The maximum absolute atomic E-state index is 15.0. The van der Waals surface area contributed by atoms with Crippen LogP contribution in [0.15, 0.2) is 59.3 Å². The van der Waals surface area contributed by atoms with Crippen LogP contribution in [0.5, 0.6) is 5.88 Å². The van der Waals surface area contributed by atoms with Gasteiger partial charge in [-0.15, -0.1) is 0 Å². The minimum Gasteiger partial charge on any atom is -0.478 e. The number of aromatic nitrogens is 4. The van der Waals surface area contributed by atoms with Crippen LogP contribution in [-0.4, -0.2) is 60.9 Å². The van der Waals surface area contributed by atoms with Crippen LogP contribution in [0.1, 0.15) is 52.8 Å². The molecule has 2 aromatic carbocycles. The molecule has 2 aliphatic rings. The van der Waals surface area contributed by atoms with Gasteiger partial charge >= 0.3 is 18.1 Å². The molecule has 1 saturated heterocycles. The number of carbonyl (C=O) groups is 2. The lowest BCUT2D eigenvalue weighted by Gasteiger charge is -2.34. The minimum atomic E-state index is -5.08. The summed E-state index contributed by atoms with van der Waals surface area (Å²) >= 11 is 0. The van der Waals surface area contributed by atoms with E-state index >= 15 is 0 Å². The number of alkyl halides is 3. The van der Waals surface area contributed by atoms with Crippen LogP contribution in [-0.2, 0) is 17.9 Å². The predicted molar refractivity (Wildman–Crippen MR) is 168 cm³/mol. The molecule has 2 fully saturated rings. The van der Waals surface area contributed by atoms with E-state index in [9.17, 15) is 36.2 Å². The van der Waals surface area contributed by atoms with E-state index in [0.29, 0.717) is 49.4 Å². The molecule has 12 nitrogen and oxygen atoms in total. The van der Waals surface area contributed by atoms with E-state index in [1.54, 1.807) is 23.2 Å². The first kappa shape index (κ1) is 35.7. The second kappa shape index (κ2) is 13.9. The van der Waals surface area contributed by atoms with Gasteiger partial charge in [-0.05, 0) is 48.9 Å². The van der Waals surface area contributed by atoms with Crippen molar-refractivity contribution < 1.29 is 55.3 Å². The minimum absolute atomic E-state index is 0.0420. The molecule has 0 bridgehead atoms. The summed E-state index contributed by atoms with van der Waals surface area (Å²) in [5.41, 5.74) is 1.66. The Labute approximate surface area is 289 Å². The molecule has 3 aromatic heterocycles. The summed E-state index contributed by atoms with van der Waals surface area (Å²) in [7, 11) is 0. The normalized spacial score (nSPS) is 16.2. The van der Waals surface area contributed by atoms with Crippen LogP contribution < -0.4 is 9.64 Å². The average Bonchev–Trinajstić information content (AvgIpc) is 3.38. The Morgan fingerprint density at radius 1 is 1.02 bits per heavy atom. The Kier molecular flexibility index (Phi) is 9.53. The lowest BCUT2D eigenvalue weighted by molar-refractivity contribution is -0.192. The summed E-state index contributed by atoms with van der Waals surface area (Å²) in [5.74, 6) is -5.38. The smallest absolute Gasteiger partial charge is 0.478 e.